The van der Waals surface area contributed by atoms with E-state index >= 15 is 0 Å². The standard InChI is InChI=1S/C6H12N2/c1-5(4-7)3-6(2)8/h3,8H,4,7H2,1-2H3/b5-3+,8-6?. The monoisotopic (exact) mass is 112 g/mol. The van der Waals surface area contributed by atoms with Crippen molar-refractivity contribution >= 4 is 5.71 Å². The molecule has 0 amide bonds. The van der Waals surface area contributed by atoms with Gasteiger partial charge in [-0.2, -0.15) is 0 Å². The molecule has 0 aromatic rings. The van der Waals surface area contributed by atoms with Gasteiger partial charge >= 0.3 is 0 Å². The zero-order chi connectivity index (χ0) is 6.57. The lowest BCUT2D eigenvalue weighted by molar-refractivity contribution is 1.14. The van der Waals surface area contributed by atoms with Gasteiger partial charge in [-0.25, -0.2) is 0 Å². The lowest BCUT2D eigenvalue weighted by atomic mass is 10.2. The number of allylic oxidation sites excluding steroid dienone is 1. The van der Waals surface area contributed by atoms with Gasteiger partial charge < -0.3 is 11.1 Å². The highest BCUT2D eigenvalue weighted by molar-refractivity contribution is 5.90. The van der Waals surface area contributed by atoms with E-state index in [2.05, 4.69) is 0 Å². The molecule has 0 aliphatic heterocycles. The van der Waals surface area contributed by atoms with Gasteiger partial charge in [0.05, 0.1) is 0 Å². The third-order valence-corrected chi connectivity index (χ3v) is 0.785. The molecule has 0 saturated heterocycles. The molecule has 0 aliphatic rings. The van der Waals surface area contributed by atoms with E-state index in [1.165, 1.54) is 0 Å². The first kappa shape index (κ1) is 7.37. The predicted molar refractivity (Wildman–Crippen MR) is 36.2 cm³/mol. The molecule has 0 spiro atoms. The Morgan fingerprint density at radius 2 is 2.12 bits per heavy atom. The van der Waals surface area contributed by atoms with Gasteiger partial charge in [0, 0.05) is 12.3 Å². The Bertz CT molecular complexity index is 114. The summed E-state index contributed by atoms with van der Waals surface area (Å²) in [6.45, 7) is 4.20. The third-order valence-electron chi connectivity index (χ3n) is 0.785. The number of nitrogens with one attached hydrogen (secondary N) is 1. The molecule has 3 N–H and O–H groups in total. The second-order valence-corrected chi connectivity index (χ2v) is 1.88. The molecular weight excluding hydrogens is 100 g/mol. The van der Waals surface area contributed by atoms with Crippen molar-refractivity contribution in [2.75, 3.05) is 6.54 Å². The molecule has 0 bridgehead atoms. The Morgan fingerprint density at radius 3 is 2.25 bits per heavy atom. The van der Waals surface area contributed by atoms with E-state index in [-0.39, 0.29) is 0 Å². The van der Waals surface area contributed by atoms with E-state index in [0.717, 1.165) is 5.57 Å². The van der Waals surface area contributed by atoms with Crippen molar-refractivity contribution in [1.82, 2.24) is 0 Å². The number of hydrogen-bond acceptors (Lipinski definition) is 2. The van der Waals surface area contributed by atoms with Crippen LogP contribution < -0.4 is 5.73 Å². The van der Waals surface area contributed by atoms with Gasteiger partial charge in [-0.15, -0.1) is 0 Å². The van der Waals surface area contributed by atoms with Crippen molar-refractivity contribution in [3.63, 3.8) is 0 Å². The van der Waals surface area contributed by atoms with Gasteiger partial charge in [0.1, 0.15) is 0 Å². The highest BCUT2D eigenvalue weighted by Gasteiger charge is 1.82. The summed E-state index contributed by atoms with van der Waals surface area (Å²) in [5.74, 6) is 0. The molecule has 0 radical (unpaired) electrons. The predicted octanol–water partition coefficient (Wildman–Crippen LogP) is 0.931. The minimum absolute atomic E-state index is 0.552. The number of nitrogens with two attached hydrogens (primary N) is 1. The van der Waals surface area contributed by atoms with E-state index in [1.807, 2.05) is 6.92 Å². The molecule has 2 heteroatoms. The summed E-state index contributed by atoms with van der Waals surface area (Å²) in [4.78, 5) is 0. The quantitative estimate of drug-likeness (QED) is 0.513. The van der Waals surface area contributed by atoms with Crippen LogP contribution in [0.1, 0.15) is 13.8 Å². The molecule has 0 saturated carbocycles. The topological polar surface area (TPSA) is 49.9 Å². The van der Waals surface area contributed by atoms with Crippen molar-refractivity contribution < 1.29 is 0 Å². The van der Waals surface area contributed by atoms with Crippen LogP contribution in [0.3, 0.4) is 0 Å². The van der Waals surface area contributed by atoms with Gasteiger partial charge in [-0.05, 0) is 19.9 Å². The summed E-state index contributed by atoms with van der Waals surface area (Å²) in [7, 11) is 0. The van der Waals surface area contributed by atoms with Gasteiger partial charge in [0.2, 0.25) is 0 Å². The SMILES string of the molecule is CC(=N)/C=C(\C)CN. The maximum atomic E-state index is 7.00. The van der Waals surface area contributed by atoms with Crippen molar-refractivity contribution in [3.8, 4) is 0 Å². The Hall–Kier alpha value is -0.630. The average molecular weight is 112 g/mol. The third kappa shape index (κ3) is 3.56. The molecule has 0 aliphatic carbocycles. The van der Waals surface area contributed by atoms with Crippen molar-refractivity contribution in [2.24, 2.45) is 5.73 Å². The summed E-state index contributed by atoms with van der Waals surface area (Å²) in [5.41, 5.74) is 6.87. The van der Waals surface area contributed by atoms with Crippen LogP contribution in [0, 0.1) is 5.41 Å². The summed E-state index contributed by atoms with van der Waals surface area (Å²) in [5, 5.41) is 7.00. The zero-order valence-corrected chi connectivity index (χ0v) is 5.36. The maximum Gasteiger partial charge on any atom is 0.0282 e. The van der Waals surface area contributed by atoms with E-state index in [0.29, 0.717) is 12.3 Å². The van der Waals surface area contributed by atoms with Gasteiger partial charge in [-0.3, -0.25) is 0 Å². The summed E-state index contributed by atoms with van der Waals surface area (Å²) < 4.78 is 0. The Kier molecular flexibility index (Phi) is 3.12. The Balaban J connectivity index is 3.75. The summed E-state index contributed by atoms with van der Waals surface area (Å²) >= 11 is 0. The number of rotatable bonds is 2. The molecule has 0 aromatic heterocycles. The van der Waals surface area contributed by atoms with Crippen LogP contribution >= 0.6 is 0 Å². The minimum Gasteiger partial charge on any atom is -0.327 e. The fourth-order valence-corrected chi connectivity index (χ4v) is 0.429. The smallest absolute Gasteiger partial charge is 0.0282 e. The van der Waals surface area contributed by atoms with Crippen LogP contribution in [0.5, 0.6) is 0 Å². The lowest BCUT2D eigenvalue weighted by Gasteiger charge is -1.90. The molecule has 0 aromatic carbocycles. The van der Waals surface area contributed by atoms with Crippen molar-refractivity contribution in [3.05, 3.63) is 11.6 Å². The second-order valence-electron chi connectivity index (χ2n) is 1.88. The first-order valence-electron chi connectivity index (χ1n) is 2.59. The van der Waals surface area contributed by atoms with Gasteiger partial charge in [0.25, 0.3) is 0 Å². The van der Waals surface area contributed by atoms with Crippen LogP contribution in [0.2, 0.25) is 0 Å². The minimum atomic E-state index is 0.552. The molecule has 0 fully saturated rings. The Morgan fingerprint density at radius 1 is 1.62 bits per heavy atom. The molecule has 0 rings (SSSR count). The zero-order valence-electron chi connectivity index (χ0n) is 5.36. The molecule has 0 unspecified atom stereocenters. The van der Waals surface area contributed by atoms with Crippen LogP contribution in [-0.2, 0) is 0 Å². The van der Waals surface area contributed by atoms with Crippen LogP contribution in [0.25, 0.3) is 0 Å². The van der Waals surface area contributed by atoms with Crippen molar-refractivity contribution in [2.45, 2.75) is 13.8 Å². The van der Waals surface area contributed by atoms with E-state index in [4.69, 9.17) is 11.1 Å². The molecule has 8 heavy (non-hydrogen) atoms. The Labute approximate surface area is 49.9 Å². The molecular formula is C6H12N2. The second kappa shape index (κ2) is 3.38. The maximum absolute atomic E-state index is 7.00. The largest absolute Gasteiger partial charge is 0.327 e. The fraction of sp³-hybridized carbons (Fsp3) is 0.500. The fourth-order valence-electron chi connectivity index (χ4n) is 0.429. The first-order chi connectivity index (χ1) is 3.66. The molecule has 2 nitrogen and oxygen atoms in total. The van der Waals surface area contributed by atoms with Gasteiger partial charge in [0.15, 0.2) is 0 Å². The first-order valence-corrected chi connectivity index (χ1v) is 2.59. The summed E-state index contributed by atoms with van der Waals surface area (Å²) in [6.07, 6.45) is 1.76. The molecule has 0 heterocycles. The number of hydrogen-bond donors (Lipinski definition) is 2. The van der Waals surface area contributed by atoms with Crippen LogP contribution in [0.4, 0.5) is 0 Å². The van der Waals surface area contributed by atoms with Crippen LogP contribution in [0.15, 0.2) is 11.6 Å². The van der Waals surface area contributed by atoms with E-state index in [9.17, 15) is 0 Å². The van der Waals surface area contributed by atoms with E-state index in [1.54, 1.807) is 13.0 Å². The average Bonchev–Trinajstić information content (AvgIpc) is 1.65. The van der Waals surface area contributed by atoms with Crippen LogP contribution in [-0.4, -0.2) is 12.3 Å². The summed E-state index contributed by atoms with van der Waals surface area (Å²) in [6, 6.07) is 0. The molecule has 46 valence electrons. The van der Waals surface area contributed by atoms with E-state index < -0.39 is 0 Å². The van der Waals surface area contributed by atoms with Crippen molar-refractivity contribution in [1.29, 1.82) is 5.41 Å². The highest BCUT2D eigenvalue weighted by atomic mass is 14.5. The lowest BCUT2D eigenvalue weighted by Crippen LogP contribution is -2.00. The molecule has 0 atom stereocenters. The van der Waals surface area contributed by atoms with Gasteiger partial charge in [-0.1, -0.05) is 5.57 Å². The normalized spacial score (nSPS) is 11.6. The highest BCUT2D eigenvalue weighted by Crippen LogP contribution is 1.86.